The number of anilines is 1. The number of hydrogen-bond donors (Lipinski definition) is 1. The number of carbonyl (C=O) groups is 3. The highest BCUT2D eigenvalue weighted by Gasteiger charge is 2.22. The van der Waals surface area contributed by atoms with Gasteiger partial charge in [-0.05, 0) is 50.6 Å². The van der Waals surface area contributed by atoms with Crippen LogP contribution < -0.4 is 10.1 Å². The number of carbonyl (C=O) groups excluding carboxylic acids is 3. The van der Waals surface area contributed by atoms with Gasteiger partial charge in [-0.1, -0.05) is 0 Å². The van der Waals surface area contributed by atoms with E-state index in [0.717, 1.165) is 10.4 Å². The molecule has 0 bridgehead atoms. The highest BCUT2D eigenvalue weighted by atomic mass is 32.1. The van der Waals surface area contributed by atoms with Crippen molar-refractivity contribution in [3.8, 4) is 11.8 Å². The zero-order valence-electron chi connectivity index (χ0n) is 16.2. The van der Waals surface area contributed by atoms with Crippen LogP contribution in [0.3, 0.4) is 0 Å². The summed E-state index contributed by atoms with van der Waals surface area (Å²) in [5.74, 6) is -1.43. The first-order valence-electron chi connectivity index (χ1n) is 8.71. The number of aryl methyl sites for hydroxylation is 1. The molecular weight excluding hydrogens is 396 g/mol. The number of amides is 1. The second-order valence-corrected chi connectivity index (χ2v) is 7.07. The molecule has 0 aliphatic carbocycles. The quantitative estimate of drug-likeness (QED) is 0.658. The van der Waals surface area contributed by atoms with Crippen LogP contribution in [-0.4, -0.2) is 37.7 Å². The van der Waals surface area contributed by atoms with Crippen molar-refractivity contribution in [3.63, 3.8) is 0 Å². The van der Waals surface area contributed by atoms with Gasteiger partial charge in [-0.3, -0.25) is 4.79 Å². The Hall–Kier alpha value is -3.38. The SMILES string of the molecule is CCOC(=O)c1c(NC(=O)COC(=O)COc2ccc(C#N)cc2)sc(C)c1C. The van der Waals surface area contributed by atoms with Crippen LogP contribution in [0.2, 0.25) is 0 Å². The molecule has 152 valence electrons. The standard InChI is InChI=1S/C20H20N2O6S/c1-4-26-20(25)18-12(2)13(3)29-19(18)22-16(23)10-28-17(24)11-27-15-7-5-14(9-21)6-8-15/h5-8H,4,10-11H2,1-3H3,(H,22,23). The largest absolute Gasteiger partial charge is 0.482 e. The first-order valence-corrected chi connectivity index (χ1v) is 9.52. The summed E-state index contributed by atoms with van der Waals surface area (Å²) in [7, 11) is 0. The molecule has 1 heterocycles. The Morgan fingerprint density at radius 2 is 1.79 bits per heavy atom. The van der Waals surface area contributed by atoms with Crippen LogP contribution in [-0.2, 0) is 19.1 Å². The molecule has 2 aromatic rings. The second-order valence-electron chi connectivity index (χ2n) is 5.84. The summed E-state index contributed by atoms with van der Waals surface area (Å²) in [4.78, 5) is 36.9. The molecule has 0 radical (unpaired) electrons. The molecule has 2 rings (SSSR count). The lowest BCUT2D eigenvalue weighted by Gasteiger charge is -2.09. The monoisotopic (exact) mass is 416 g/mol. The van der Waals surface area contributed by atoms with Crippen LogP contribution >= 0.6 is 11.3 Å². The fourth-order valence-corrected chi connectivity index (χ4v) is 3.35. The molecule has 0 atom stereocenters. The van der Waals surface area contributed by atoms with E-state index in [1.165, 1.54) is 11.3 Å². The second kappa shape index (κ2) is 10.2. The van der Waals surface area contributed by atoms with Gasteiger partial charge in [0.25, 0.3) is 5.91 Å². The minimum absolute atomic E-state index is 0.220. The van der Waals surface area contributed by atoms with Gasteiger partial charge >= 0.3 is 11.9 Å². The molecule has 0 aliphatic heterocycles. The van der Waals surface area contributed by atoms with E-state index >= 15 is 0 Å². The number of rotatable bonds is 8. The minimum atomic E-state index is -0.728. The van der Waals surface area contributed by atoms with E-state index < -0.39 is 24.5 Å². The maximum absolute atomic E-state index is 12.1. The maximum Gasteiger partial charge on any atom is 0.344 e. The van der Waals surface area contributed by atoms with E-state index in [1.54, 1.807) is 38.1 Å². The number of nitrogens with zero attached hydrogens (tertiary/aromatic N) is 1. The van der Waals surface area contributed by atoms with Crippen LogP contribution in [0.25, 0.3) is 0 Å². The molecule has 1 aromatic carbocycles. The summed E-state index contributed by atoms with van der Waals surface area (Å²) < 4.78 is 15.2. The van der Waals surface area contributed by atoms with Crippen molar-refractivity contribution in [1.29, 1.82) is 5.26 Å². The average molecular weight is 416 g/mol. The van der Waals surface area contributed by atoms with Crippen LogP contribution in [0.5, 0.6) is 5.75 Å². The lowest BCUT2D eigenvalue weighted by molar-refractivity contribution is -0.149. The molecule has 0 saturated heterocycles. The van der Waals surface area contributed by atoms with Crippen LogP contribution in [0, 0.1) is 25.2 Å². The smallest absolute Gasteiger partial charge is 0.344 e. The van der Waals surface area contributed by atoms with Crippen molar-refractivity contribution in [2.24, 2.45) is 0 Å². The highest BCUT2D eigenvalue weighted by Crippen LogP contribution is 2.33. The van der Waals surface area contributed by atoms with E-state index in [0.29, 0.717) is 21.9 Å². The predicted octanol–water partition coefficient (Wildman–Crippen LogP) is 2.97. The molecule has 9 heteroatoms. The summed E-state index contributed by atoms with van der Waals surface area (Å²) in [6.07, 6.45) is 0. The van der Waals surface area contributed by atoms with Crippen LogP contribution in [0.4, 0.5) is 5.00 Å². The summed E-state index contributed by atoms with van der Waals surface area (Å²) in [5.41, 5.74) is 1.51. The molecular formula is C20H20N2O6S. The summed E-state index contributed by atoms with van der Waals surface area (Å²) >= 11 is 1.25. The molecule has 8 nitrogen and oxygen atoms in total. The number of hydrogen-bond acceptors (Lipinski definition) is 8. The Morgan fingerprint density at radius 1 is 1.10 bits per heavy atom. The topological polar surface area (TPSA) is 115 Å². The molecule has 0 unspecified atom stereocenters. The van der Waals surface area contributed by atoms with E-state index in [1.807, 2.05) is 13.0 Å². The Bertz CT molecular complexity index is 943. The third-order valence-electron chi connectivity index (χ3n) is 3.82. The van der Waals surface area contributed by atoms with Gasteiger partial charge in [0.2, 0.25) is 0 Å². The summed E-state index contributed by atoms with van der Waals surface area (Å²) in [6.45, 7) is 4.62. The fourth-order valence-electron chi connectivity index (χ4n) is 2.28. The van der Waals surface area contributed by atoms with E-state index in [-0.39, 0.29) is 13.2 Å². The first-order chi connectivity index (χ1) is 13.8. The van der Waals surface area contributed by atoms with Crippen molar-refractivity contribution >= 4 is 34.2 Å². The van der Waals surface area contributed by atoms with Crippen molar-refractivity contribution < 1.29 is 28.6 Å². The van der Waals surface area contributed by atoms with E-state index in [2.05, 4.69) is 5.32 Å². The lowest BCUT2D eigenvalue weighted by atomic mass is 10.1. The van der Waals surface area contributed by atoms with Gasteiger partial charge in [0, 0.05) is 4.88 Å². The lowest BCUT2D eigenvalue weighted by Crippen LogP contribution is -2.24. The van der Waals surface area contributed by atoms with E-state index in [4.69, 9.17) is 19.5 Å². The molecule has 1 N–H and O–H groups in total. The molecule has 0 spiro atoms. The molecule has 29 heavy (non-hydrogen) atoms. The van der Waals surface area contributed by atoms with E-state index in [9.17, 15) is 14.4 Å². The zero-order chi connectivity index (χ0) is 21.4. The molecule has 0 fully saturated rings. The number of nitriles is 1. The van der Waals surface area contributed by atoms with Gasteiger partial charge in [-0.25, -0.2) is 9.59 Å². The molecule has 0 saturated carbocycles. The summed E-state index contributed by atoms with van der Waals surface area (Å²) in [5, 5.41) is 11.7. The Morgan fingerprint density at radius 3 is 2.41 bits per heavy atom. The van der Waals surface area contributed by atoms with Crippen LogP contribution in [0.15, 0.2) is 24.3 Å². The normalized spacial score (nSPS) is 10.0. The Balaban J connectivity index is 1.86. The molecule has 0 aliphatic rings. The highest BCUT2D eigenvalue weighted by molar-refractivity contribution is 7.16. The maximum atomic E-state index is 12.1. The molecule has 1 amide bonds. The predicted molar refractivity (Wildman–Crippen MR) is 106 cm³/mol. The van der Waals surface area contributed by atoms with Gasteiger partial charge < -0.3 is 19.5 Å². The van der Waals surface area contributed by atoms with Gasteiger partial charge in [0.05, 0.1) is 23.8 Å². The van der Waals surface area contributed by atoms with Gasteiger partial charge in [-0.15, -0.1) is 11.3 Å². The van der Waals surface area contributed by atoms with Crippen molar-refractivity contribution in [2.75, 3.05) is 25.1 Å². The molecule has 1 aromatic heterocycles. The van der Waals surface area contributed by atoms with Gasteiger partial charge in [-0.2, -0.15) is 5.26 Å². The third kappa shape index (κ3) is 6.05. The van der Waals surface area contributed by atoms with Gasteiger partial charge in [0.1, 0.15) is 10.8 Å². The number of thiophene rings is 1. The van der Waals surface area contributed by atoms with Crippen molar-refractivity contribution in [1.82, 2.24) is 0 Å². The number of ether oxygens (including phenoxy) is 3. The number of esters is 2. The fraction of sp³-hybridized carbons (Fsp3) is 0.300. The first kappa shape index (κ1) is 21.9. The Kier molecular flexibility index (Phi) is 7.74. The summed E-state index contributed by atoms with van der Waals surface area (Å²) in [6, 6.07) is 8.19. The zero-order valence-corrected chi connectivity index (χ0v) is 17.1. The van der Waals surface area contributed by atoms with Crippen molar-refractivity contribution in [2.45, 2.75) is 20.8 Å². The minimum Gasteiger partial charge on any atom is -0.482 e. The average Bonchev–Trinajstić information content (AvgIpc) is 2.98. The number of nitrogens with one attached hydrogen (secondary N) is 1. The van der Waals surface area contributed by atoms with Gasteiger partial charge in [0.15, 0.2) is 13.2 Å². The van der Waals surface area contributed by atoms with Crippen LogP contribution in [0.1, 0.15) is 33.3 Å². The Labute approximate surface area is 172 Å². The third-order valence-corrected chi connectivity index (χ3v) is 4.94. The van der Waals surface area contributed by atoms with Crippen molar-refractivity contribution in [3.05, 3.63) is 45.8 Å². The number of benzene rings is 1.